The van der Waals surface area contributed by atoms with Gasteiger partial charge in [-0.1, -0.05) is 0 Å². The summed E-state index contributed by atoms with van der Waals surface area (Å²) in [4.78, 5) is 9.19. The first kappa shape index (κ1) is 19.9. The summed E-state index contributed by atoms with van der Waals surface area (Å²) < 4.78 is 0. The van der Waals surface area contributed by atoms with Crippen molar-refractivity contribution >= 4 is 29.9 Å². The van der Waals surface area contributed by atoms with Crippen molar-refractivity contribution in [3.8, 4) is 0 Å². The lowest BCUT2D eigenvalue weighted by Crippen LogP contribution is -2.54. The molecule has 0 aromatic heterocycles. The molecule has 0 aliphatic carbocycles. The summed E-state index contributed by atoms with van der Waals surface area (Å²) in [7, 11) is 4.01. The lowest BCUT2D eigenvalue weighted by atomic mass is 10.1. The number of aliphatic imine (C=N–C) groups is 1. The first-order chi connectivity index (χ1) is 8.81. The molecule has 20 heavy (non-hydrogen) atoms. The molecule has 6 heteroatoms. The van der Waals surface area contributed by atoms with E-state index in [1.165, 1.54) is 13.1 Å². The van der Waals surface area contributed by atoms with Crippen LogP contribution in [-0.2, 0) is 0 Å². The number of nitrogens with one attached hydrogen (secondary N) is 2. The Kier molecular flexibility index (Phi) is 9.01. The Morgan fingerprint density at radius 3 is 2.20 bits per heavy atom. The van der Waals surface area contributed by atoms with E-state index in [4.69, 9.17) is 0 Å². The number of hydrogen-bond donors (Lipinski definition) is 2. The van der Waals surface area contributed by atoms with E-state index in [2.05, 4.69) is 60.2 Å². The average molecular weight is 397 g/mol. The smallest absolute Gasteiger partial charge is 0.191 e. The van der Waals surface area contributed by atoms with Gasteiger partial charge in [0.05, 0.1) is 0 Å². The number of halogens is 1. The molecule has 1 aliphatic heterocycles. The minimum Gasteiger partial charge on any atom is -0.355 e. The van der Waals surface area contributed by atoms with Gasteiger partial charge in [-0.05, 0) is 34.7 Å². The van der Waals surface area contributed by atoms with Gasteiger partial charge in [0.25, 0.3) is 0 Å². The van der Waals surface area contributed by atoms with E-state index in [1.54, 1.807) is 0 Å². The van der Waals surface area contributed by atoms with Gasteiger partial charge >= 0.3 is 0 Å². The van der Waals surface area contributed by atoms with Crippen LogP contribution in [0.25, 0.3) is 0 Å². The second kappa shape index (κ2) is 9.04. The van der Waals surface area contributed by atoms with Crippen molar-refractivity contribution in [3.63, 3.8) is 0 Å². The Balaban J connectivity index is 0.00000361. The average Bonchev–Trinajstić information content (AvgIpc) is 2.33. The van der Waals surface area contributed by atoms with Crippen molar-refractivity contribution in [1.29, 1.82) is 0 Å². The SMILES string of the molecule is CN=C(NCC(C)N1CCN(C)CC1)NC(C)(C)C.I. The fourth-order valence-electron chi connectivity index (χ4n) is 2.17. The molecular weight excluding hydrogens is 365 g/mol. The summed E-state index contributed by atoms with van der Waals surface area (Å²) in [5.41, 5.74) is 0.0406. The van der Waals surface area contributed by atoms with Crippen LogP contribution in [-0.4, -0.2) is 74.2 Å². The standard InChI is InChI=1S/C14H31N5.HI/c1-12(19-9-7-18(6)8-10-19)11-16-13(15-5)17-14(2,3)4;/h12H,7-11H2,1-6H3,(H2,15,16,17);1H. The van der Waals surface area contributed by atoms with Crippen molar-refractivity contribution < 1.29 is 0 Å². The van der Waals surface area contributed by atoms with Crippen LogP contribution in [0.2, 0.25) is 0 Å². The van der Waals surface area contributed by atoms with Crippen LogP contribution in [0.15, 0.2) is 4.99 Å². The van der Waals surface area contributed by atoms with Gasteiger partial charge in [-0.15, -0.1) is 24.0 Å². The number of rotatable bonds is 3. The van der Waals surface area contributed by atoms with Gasteiger partial charge < -0.3 is 15.5 Å². The first-order valence-electron chi connectivity index (χ1n) is 7.23. The summed E-state index contributed by atoms with van der Waals surface area (Å²) in [5, 5.41) is 6.80. The topological polar surface area (TPSA) is 42.9 Å². The van der Waals surface area contributed by atoms with E-state index >= 15 is 0 Å². The summed E-state index contributed by atoms with van der Waals surface area (Å²) in [6.07, 6.45) is 0. The quantitative estimate of drug-likeness (QED) is 0.427. The third-order valence-corrected chi connectivity index (χ3v) is 3.44. The van der Waals surface area contributed by atoms with E-state index in [9.17, 15) is 0 Å². The van der Waals surface area contributed by atoms with Crippen LogP contribution in [0.4, 0.5) is 0 Å². The normalized spacial score (nSPS) is 20.2. The maximum atomic E-state index is 4.27. The Bertz CT molecular complexity index is 292. The monoisotopic (exact) mass is 397 g/mol. The van der Waals surface area contributed by atoms with Crippen LogP contribution in [0.3, 0.4) is 0 Å². The molecule has 1 heterocycles. The molecule has 1 atom stereocenters. The second-order valence-corrected chi connectivity index (χ2v) is 6.52. The number of guanidine groups is 1. The zero-order chi connectivity index (χ0) is 14.5. The summed E-state index contributed by atoms with van der Waals surface area (Å²) in [6, 6.07) is 0.534. The second-order valence-electron chi connectivity index (χ2n) is 6.52. The van der Waals surface area contributed by atoms with Gasteiger partial charge in [0.1, 0.15) is 0 Å². The van der Waals surface area contributed by atoms with E-state index in [0.717, 1.165) is 25.6 Å². The molecule has 120 valence electrons. The predicted octanol–water partition coefficient (Wildman–Crippen LogP) is 1.20. The highest BCUT2D eigenvalue weighted by Crippen LogP contribution is 2.04. The molecule has 1 fully saturated rings. The van der Waals surface area contributed by atoms with Gasteiger partial charge in [-0.3, -0.25) is 9.89 Å². The number of likely N-dealkylation sites (N-methyl/N-ethyl adjacent to an activating group) is 1. The number of nitrogens with zero attached hydrogens (tertiary/aromatic N) is 3. The molecule has 1 aliphatic rings. The predicted molar refractivity (Wildman–Crippen MR) is 98.2 cm³/mol. The largest absolute Gasteiger partial charge is 0.355 e. The van der Waals surface area contributed by atoms with Gasteiger partial charge in [-0.2, -0.15) is 0 Å². The van der Waals surface area contributed by atoms with Crippen molar-refractivity contribution in [2.75, 3.05) is 46.8 Å². The van der Waals surface area contributed by atoms with Gasteiger partial charge in [0.2, 0.25) is 0 Å². The van der Waals surface area contributed by atoms with E-state index in [0.29, 0.717) is 6.04 Å². The fraction of sp³-hybridized carbons (Fsp3) is 0.929. The highest BCUT2D eigenvalue weighted by atomic mass is 127. The zero-order valence-electron chi connectivity index (χ0n) is 13.9. The van der Waals surface area contributed by atoms with Crippen molar-refractivity contribution in [3.05, 3.63) is 0 Å². The maximum Gasteiger partial charge on any atom is 0.191 e. The molecule has 0 aromatic carbocycles. The lowest BCUT2D eigenvalue weighted by molar-refractivity contribution is 0.120. The summed E-state index contributed by atoms with van der Waals surface area (Å²) in [5.74, 6) is 0.883. The van der Waals surface area contributed by atoms with Crippen LogP contribution >= 0.6 is 24.0 Å². The molecule has 1 unspecified atom stereocenters. The van der Waals surface area contributed by atoms with Crippen LogP contribution in [0.5, 0.6) is 0 Å². The number of piperazine rings is 1. The van der Waals surface area contributed by atoms with Gasteiger partial charge in [0.15, 0.2) is 5.96 Å². The molecule has 0 radical (unpaired) electrons. The molecule has 0 spiro atoms. The lowest BCUT2D eigenvalue weighted by Gasteiger charge is -2.36. The Hall–Kier alpha value is -0.0800. The minimum absolute atomic E-state index is 0. The Morgan fingerprint density at radius 2 is 1.75 bits per heavy atom. The molecule has 0 amide bonds. The molecule has 2 N–H and O–H groups in total. The summed E-state index contributed by atoms with van der Waals surface area (Å²) in [6.45, 7) is 14.3. The highest BCUT2D eigenvalue weighted by molar-refractivity contribution is 14.0. The minimum atomic E-state index is 0. The van der Waals surface area contributed by atoms with E-state index < -0.39 is 0 Å². The number of hydrogen-bond acceptors (Lipinski definition) is 3. The summed E-state index contributed by atoms with van der Waals surface area (Å²) >= 11 is 0. The van der Waals surface area contributed by atoms with Crippen LogP contribution in [0.1, 0.15) is 27.7 Å². The Labute approximate surface area is 141 Å². The molecule has 1 saturated heterocycles. The third-order valence-electron chi connectivity index (χ3n) is 3.44. The molecule has 0 aromatic rings. The van der Waals surface area contributed by atoms with Crippen molar-refractivity contribution in [2.24, 2.45) is 4.99 Å². The van der Waals surface area contributed by atoms with Crippen LogP contribution < -0.4 is 10.6 Å². The van der Waals surface area contributed by atoms with Crippen LogP contribution in [0, 0.1) is 0 Å². The molecule has 1 rings (SSSR count). The first-order valence-corrected chi connectivity index (χ1v) is 7.23. The van der Waals surface area contributed by atoms with Gasteiger partial charge in [-0.25, -0.2) is 0 Å². The van der Waals surface area contributed by atoms with Gasteiger partial charge in [0, 0.05) is 51.4 Å². The third kappa shape index (κ3) is 7.64. The zero-order valence-corrected chi connectivity index (χ0v) is 16.2. The molecule has 0 saturated carbocycles. The Morgan fingerprint density at radius 1 is 1.20 bits per heavy atom. The maximum absolute atomic E-state index is 4.27. The highest BCUT2D eigenvalue weighted by Gasteiger charge is 2.19. The molecule has 0 bridgehead atoms. The molecular formula is C14H32IN5. The van der Waals surface area contributed by atoms with Crippen molar-refractivity contribution in [1.82, 2.24) is 20.4 Å². The van der Waals surface area contributed by atoms with Crippen molar-refractivity contribution in [2.45, 2.75) is 39.3 Å². The molecule has 5 nitrogen and oxygen atoms in total. The van der Waals surface area contributed by atoms with E-state index in [-0.39, 0.29) is 29.5 Å². The van der Waals surface area contributed by atoms with E-state index in [1.807, 2.05) is 7.05 Å². The fourth-order valence-corrected chi connectivity index (χ4v) is 2.17.